The van der Waals surface area contributed by atoms with Crippen LogP contribution in [0.4, 0.5) is 5.82 Å². The lowest BCUT2D eigenvalue weighted by Gasteiger charge is -2.38. The number of rotatable bonds is 5. The molecule has 0 bridgehead atoms. The zero-order chi connectivity index (χ0) is 17.9. The molecule has 1 spiro atoms. The summed E-state index contributed by atoms with van der Waals surface area (Å²) in [5.41, 5.74) is 0.430. The second-order valence-electron chi connectivity index (χ2n) is 7.19. The van der Waals surface area contributed by atoms with E-state index in [1.165, 1.54) is 0 Å². The lowest BCUT2D eigenvalue weighted by molar-refractivity contribution is -0.169. The minimum absolute atomic E-state index is 0.136. The number of carbonyl (C=O) groups is 1. The van der Waals surface area contributed by atoms with E-state index < -0.39 is 5.79 Å². The van der Waals surface area contributed by atoms with Gasteiger partial charge in [-0.15, -0.1) is 0 Å². The van der Waals surface area contributed by atoms with Crippen LogP contribution in [0.5, 0.6) is 0 Å². The molecular formula is C18H28N4O3. The maximum Gasteiger partial charge on any atom is 0.270 e. The highest BCUT2D eigenvalue weighted by molar-refractivity contribution is 5.92. The van der Waals surface area contributed by atoms with Gasteiger partial charge in [0.05, 0.1) is 13.2 Å². The topological polar surface area (TPSA) is 76.6 Å². The van der Waals surface area contributed by atoms with Crippen LogP contribution in [0.1, 0.15) is 49.4 Å². The Morgan fingerprint density at radius 3 is 2.60 bits per heavy atom. The van der Waals surface area contributed by atoms with Crippen molar-refractivity contribution in [1.82, 2.24) is 15.3 Å². The number of ether oxygens (including phenoxy) is 2. The monoisotopic (exact) mass is 348 g/mol. The number of aromatic nitrogens is 2. The van der Waals surface area contributed by atoms with Crippen molar-refractivity contribution in [3.8, 4) is 0 Å². The summed E-state index contributed by atoms with van der Waals surface area (Å²) in [5.74, 6) is 1.43. The number of nitrogens with zero attached hydrogens (tertiary/aromatic N) is 3. The maximum atomic E-state index is 12.4. The molecule has 1 N–H and O–H groups in total. The van der Waals surface area contributed by atoms with Crippen LogP contribution in [0.3, 0.4) is 0 Å². The van der Waals surface area contributed by atoms with Gasteiger partial charge in [0, 0.05) is 38.5 Å². The molecule has 3 heterocycles. The van der Waals surface area contributed by atoms with Crippen molar-refractivity contribution in [2.45, 2.75) is 45.8 Å². The highest BCUT2D eigenvalue weighted by Gasteiger charge is 2.40. The first-order valence-corrected chi connectivity index (χ1v) is 9.14. The molecule has 0 aromatic carbocycles. The fraction of sp³-hybridized carbons (Fsp3) is 0.722. The third kappa shape index (κ3) is 4.46. The van der Waals surface area contributed by atoms with Crippen LogP contribution in [0, 0.1) is 12.8 Å². The number of hydrogen-bond donors (Lipinski definition) is 1. The predicted molar refractivity (Wildman–Crippen MR) is 94.6 cm³/mol. The third-order valence-corrected chi connectivity index (χ3v) is 4.73. The number of anilines is 1. The highest BCUT2D eigenvalue weighted by Crippen LogP contribution is 2.32. The molecule has 7 heteroatoms. The number of nitrogens with one attached hydrogen (secondary N) is 1. The number of carbonyl (C=O) groups excluding carboxylic acids is 1. The highest BCUT2D eigenvalue weighted by atomic mass is 16.7. The molecule has 3 rings (SSSR count). The molecule has 0 atom stereocenters. The van der Waals surface area contributed by atoms with Crippen molar-refractivity contribution >= 4 is 11.7 Å². The summed E-state index contributed by atoms with van der Waals surface area (Å²) in [7, 11) is 0. The maximum absolute atomic E-state index is 12.4. The molecule has 138 valence electrons. The Labute approximate surface area is 149 Å². The van der Waals surface area contributed by atoms with Gasteiger partial charge in [-0.1, -0.05) is 13.8 Å². The molecule has 1 amide bonds. The first-order valence-electron chi connectivity index (χ1n) is 9.14. The first-order chi connectivity index (χ1) is 12.0. The fourth-order valence-electron chi connectivity index (χ4n) is 3.26. The summed E-state index contributed by atoms with van der Waals surface area (Å²) in [5, 5.41) is 2.94. The largest absolute Gasteiger partial charge is 0.356 e. The molecule has 2 saturated heterocycles. The van der Waals surface area contributed by atoms with Gasteiger partial charge in [0.25, 0.3) is 5.91 Å². The van der Waals surface area contributed by atoms with Crippen LogP contribution < -0.4 is 10.2 Å². The molecule has 25 heavy (non-hydrogen) atoms. The van der Waals surface area contributed by atoms with Gasteiger partial charge in [-0.25, -0.2) is 9.97 Å². The van der Waals surface area contributed by atoms with Crippen LogP contribution in [0.2, 0.25) is 0 Å². The molecule has 0 radical (unpaired) electrons. The Bertz CT molecular complexity index is 604. The van der Waals surface area contributed by atoms with E-state index in [4.69, 9.17) is 9.47 Å². The van der Waals surface area contributed by atoms with Crippen LogP contribution in [0.15, 0.2) is 6.07 Å². The van der Waals surface area contributed by atoms with E-state index in [2.05, 4.69) is 34.0 Å². The molecule has 2 aliphatic rings. The van der Waals surface area contributed by atoms with Gasteiger partial charge in [-0.2, -0.15) is 0 Å². The normalized spacial score (nSPS) is 19.6. The van der Waals surface area contributed by atoms with E-state index in [0.29, 0.717) is 37.2 Å². The van der Waals surface area contributed by atoms with Crippen molar-refractivity contribution < 1.29 is 14.3 Å². The standard InChI is InChI=1S/C18H28N4O3/c1-13(2)4-7-19-17(23)15-12-16(21-14(3)20-15)22-8-5-18(6-9-22)24-10-11-25-18/h12-13H,4-11H2,1-3H3,(H,19,23). The van der Waals surface area contributed by atoms with E-state index in [1.54, 1.807) is 6.07 Å². The Hall–Kier alpha value is -1.73. The van der Waals surface area contributed by atoms with Gasteiger partial charge >= 0.3 is 0 Å². The van der Waals surface area contributed by atoms with E-state index in [1.807, 2.05) is 6.92 Å². The average Bonchev–Trinajstić information content (AvgIpc) is 3.02. The fourth-order valence-corrected chi connectivity index (χ4v) is 3.26. The van der Waals surface area contributed by atoms with Crippen molar-refractivity contribution in [3.63, 3.8) is 0 Å². The van der Waals surface area contributed by atoms with Crippen molar-refractivity contribution in [2.75, 3.05) is 37.7 Å². The molecule has 0 unspecified atom stereocenters. The van der Waals surface area contributed by atoms with Crippen molar-refractivity contribution in [3.05, 3.63) is 17.6 Å². The van der Waals surface area contributed by atoms with Crippen molar-refractivity contribution in [2.24, 2.45) is 5.92 Å². The number of aryl methyl sites for hydroxylation is 1. The van der Waals surface area contributed by atoms with E-state index >= 15 is 0 Å². The predicted octanol–water partition coefficient (Wildman–Crippen LogP) is 1.90. The molecule has 0 saturated carbocycles. The Morgan fingerprint density at radius 1 is 1.28 bits per heavy atom. The van der Waals surface area contributed by atoms with E-state index in [0.717, 1.165) is 38.2 Å². The van der Waals surface area contributed by atoms with Crippen LogP contribution >= 0.6 is 0 Å². The average molecular weight is 348 g/mol. The van der Waals surface area contributed by atoms with Gasteiger partial charge < -0.3 is 19.7 Å². The van der Waals surface area contributed by atoms with Crippen LogP contribution in [-0.4, -0.2) is 54.5 Å². The van der Waals surface area contributed by atoms with E-state index in [9.17, 15) is 4.79 Å². The molecule has 0 aliphatic carbocycles. The van der Waals surface area contributed by atoms with Gasteiger partial charge in [-0.3, -0.25) is 4.79 Å². The van der Waals surface area contributed by atoms with Crippen LogP contribution in [0.25, 0.3) is 0 Å². The lowest BCUT2D eigenvalue weighted by atomic mass is 10.0. The van der Waals surface area contributed by atoms with Gasteiger partial charge in [0.2, 0.25) is 0 Å². The Morgan fingerprint density at radius 2 is 1.96 bits per heavy atom. The summed E-state index contributed by atoms with van der Waals surface area (Å²) in [4.78, 5) is 23.3. The minimum atomic E-state index is -0.407. The number of hydrogen-bond acceptors (Lipinski definition) is 6. The van der Waals surface area contributed by atoms with Gasteiger partial charge in [0.15, 0.2) is 5.79 Å². The molecule has 1 aromatic rings. The molecule has 7 nitrogen and oxygen atoms in total. The van der Waals surface area contributed by atoms with Crippen molar-refractivity contribution in [1.29, 1.82) is 0 Å². The molecular weight excluding hydrogens is 320 g/mol. The molecule has 1 aromatic heterocycles. The van der Waals surface area contributed by atoms with E-state index in [-0.39, 0.29) is 5.91 Å². The minimum Gasteiger partial charge on any atom is -0.356 e. The zero-order valence-corrected chi connectivity index (χ0v) is 15.4. The van der Waals surface area contributed by atoms with Crippen LogP contribution in [-0.2, 0) is 9.47 Å². The smallest absolute Gasteiger partial charge is 0.270 e. The molecule has 2 fully saturated rings. The summed E-state index contributed by atoms with van der Waals surface area (Å²) < 4.78 is 11.5. The summed E-state index contributed by atoms with van der Waals surface area (Å²) in [6.45, 7) is 9.70. The second-order valence-corrected chi connectivity index (χ2v) is 7.19. The number of piperidine rings is 1. The lowest BCUT2D eigenvalue weighted by Crippen LogP contribution is -2.45. The number of amides is 1. The third-order valence-electron chi connectivity index (χ3n) is 4.73. The van der Waals surface area contributed by atoms with Gasteiger partial charge in [-0.05, 0) is 19.3 Å². The second kappa shape index (κ2) is 7.66. The van der Waals surface area contributed by atoms with Gasteiger partial charge in [0.1, 0.15) is 17.3 Å². The summed E-state index contributed by atoms with van der Waals surface area (Å²) >= 11 is 0. The summed E-state index contributed by atoms with van der Waals surface area (Å²) in [6.07, 6.45) is 2.58. The quantitative estimate of drug-likeness (QED) is 0.876. The SMILES string of the molecule is Cc1nc(C(=O)NCCC(C)C)cc(N2CCC3(CC2)OCCO3)n1. The Kier molecular flexibility index (Phi) is 5.54. The summed E-state index contributed by atoms with van der Waals surface area (Å²) in [6, 6.07) is 1.78. The zero-order valence-electron chi connectivity index (χ0n) is 15.4. The molecule has 2 aliphatic heterocycles. The Balaban J connectivity index is 1.64. The first kappa shape index (κ1) is 18.1.